The van der Waals surface area contributed by atoms with Crippen molar-refractivity contribution in [1.29, 1.82) is 0 Å². The Labute approximate surface area is 117 Å². The fourth-order valence-corrected chi connectivity index (χ4v) is 2.87. The first-order chi connectivity index (χ1) is 9.34. The molecule has 0 aromatic rings. The van der Waals surface area contributed by atoms with E-state index in [1.165, 1.54) is 7.11 Å². The average molecular weight is 292 g/mol. The molecule has 2 rings (SSSR count). The first kappa shape index (κ1) is 15.6. The van der Waals surface area contributed by atoms with Crippen LogP contribution in [-0.2, 0) is 9.53 Å². The number of ether oxygens (including phenoxy) is 1. The summed E-state index contributed by atoms with van der Waals surface area (Å²) in [6, 6.07) is 0. The van der Waals surface area contributed by atoms with Crippen LogP contribution in [0.1, 0.15) is 19.3 Å². The Morgan fingerprint density at radius 1 is 1.25 bits per heavy atom. The lowest BCUT2D eigenvalue weighted by Crippen LogP contribution is -2.49. The van der Waals surface area contributed by atoms with Gasteiger partial charge in [0.05, 0.1) is 12.1 Å². The number of likely N-dealkylation sites (tertiary alicyclic amines) is 2. The lowest BCUT2D eigenvalue weighted by molar-refractivity contribution is -0.135. The third-order valence-electron chi connectivity index (χ3n) is 4.06. The SMILES string of the molecule is COCC(=O)N1CC[C@](O)(CN2CCC(F)(F)CC2)C1. The Balaban J connectivity index is 1.83. The number of aliphatic hydroxyl groups is 1. The van der Waals surface area contributed by atoms with E-state index in [9.17, 15) is 18.7 Å². The quantitative estimate of drug-likeness (QED) is 0.811. The molecule has 7 heteroatoms. The van der Waals surface area contributed by atoms with Crippen molar-refractivity contribution < 1.29 is 23.4 Å². The molecule has 5 nitrogen and oxygen atoms in total. The van der Waals surface area contributed by atoms with Crippen LogP contribution in [0.25, 0.3) is 0 Å². The van der Waals surface area contributed by atoms with Gasteiger partial charge in [-0.3, -0.25) is 9.69 Å². The Morgan fingerprint density at radius 2 is 1.90 bits per heavy atom. The first-order valence-electron chi connectivity index (χ1n) is 6.93. The molecule has 2 aliphatic rings. The highest BCUT2D eigenvalue weighted by Crippen LogP contribution is 2.30. The highest BCUT2D eigenvalue weighted by atomic mass is 19.3. The smallest absolute Gasteiger partial charge is 0.250 e. The van der Waals surface area contributed by atoms with Crippen LogP contribution in [0.5, 0.6) is 0 Å². The fourth-order valence-electron chi connectivity index (χ4n) is 2.87. The lowest BCUT2D eigenvalue weighted by Gasteiger charge is -2.36. The lowest BCUT2D eigenvalue weighted by atomic mass is 10.00. The minimum atomic E-state index is -2.57. The average Bonchev–Trinajstić information content (AvgIpc) is 2.75. The van der Waals surface area contributed by atoms with Gasteiger partial charge in [-0.05, 0) is 6.42 Å². The number of carbonyl (C=O) groups is 1. The molecule has 0 spiro atoms. The topological polar surface area (TPSA) is 53.0 Å². The number of methoxy groups -OCH3 is 1. The van der Waals surface area contributed by atoms with Crippen LogP contribution in [-0.4, -0.2) is 78.8 Å². The fraction of sp³-hybridized carbons (Fsp3) is 0.923. The molecule has 0 unspecified atom stereocenters. The summed E-state index contributed by atoms with van der Waals surface area (Å²) in [5.74, 6) is -2.72. The van der Waals surface area contributed by atoms with Crippen LogP contribution < -0.4 is 0 Å². The van der Waals surface area contributed by atoms with Crippen LogP contribution >= 0.6 is 0 Å². The summed E-state index contributed by atoms with van der Waals surface area (Å²) in [6.45, 7) is 1.68. The number of amides is 1. The predicted octanol–water partition coefficient (Wildman–Crippen LogP) is 0.327. The number of alkyl halides is 2. The van der Waals surface area contributed by atoms with Gasteiger partial charge in [-0.25, -0.2) is 8.78 Å². The molecule has 2 aliphatic heterocycles. The molecule has 1 N–H and O–H groups in total. The maximum atomic E-state index is 13.1. The molecule has 0 aromatic heterocycles. The largest absolute Gasteiger partial charge is 0.387 e. The van der Waals surface area contributed by atoms with Crippen molar-refractivity contribution in [2.75, 3.05) is 46.4 Å². The molecule has 1 atom stereocenters. The maximum Gasteiger partial charge on any atom is 0.250 e. The van der Waals surface area contributed by atoms with E-state index in [0.29, 0.717) is 32.6 Å². The van der Waals surface area contributed by atoms with Gasteiger partial charge >= 0.3 is 0 Å². The van der Waals surface area contributed by atoms with E-state index in [0.717, 1.165) is 0 Å². The molecular weight excluding hydrogens is 270 g/mol. The molecule has 2 saturated heterocycles. The normalized spacial score (nSPS) is 30.7. The summed E-state index contributed by atoms with van der Waals surface area (Å²) in [5.41, 5.74) is -0.990. The Kier molecular flexibility index (Phi) is 4.61. The second kappa shape index (κ2) is 5.91. The van der Waals surface area contributed by atoms with E-state index < -0.39 is 11.5 Å². The molecular formula is C13H22F2N2O3. The number of hydrogen-bond acceptors (Lipinski definition) is 4. The Bertz CT molecular complexity index is 358. The van der Waals surface area contributed by atoms with Crippen molar-refractivity contribution in [2.45, 2.75) is 30.8 Å². The van der Waals surface area contributed by atoms with Crippen molar-refractivity contribution in [3.63, 3.8) is 0 Å². The van der Waals surface area contributed by atoms with E-state index >= 15 is 0 Å². The molecule has 0 aliphatic carbocycles. The number of halogens is 2. The second-order valence-electron chi connectivity index (χ2n) is 5.85. The summed E-state index contributed by atoms with van der Waals surface area (Å²) in [6.07, 6.45) is 0.167. The van der Waals surface area contributed by atoms with Gasteiger partial charge in [0.1, 0.15) is 6.61 Å². The van der Waals surface area contributed by atoms with E-state index in [4.69, 9.17) is 4.74 Å². The van der Waals surface area contributed by atoms with E-state index in [2.05, 4.69) is 0 Å². The van der Waals surface area contributed by atoms with E-state index in [1.54, 1.807) is 4.90 Å². The van der Waals surface area contributed by atoms with Gasteiger partial charge in [-0.2, -0.15) is 0 Å². The molecule has 20 heavy (non-hydrogen) atoms. The van der Waals surface area contributed by atoms with Crippen LogP contribution in [0.3, 0.4) is 0 Å². The van der Waals surface area contributed by atoms with Crippen molar-refractivity contribution in [2.24, 2.45) is 0 Å². The van der Waals surface area contributed by atoms with Crippen molar-refractivity contribution in [3.05, 3.63) is 0 Å². The summed E-state index contributed by atoms with van der Waals surface area (Å²) in [7, 11) is 1.45. The number of rotatable bonds is 4. The van der Waals surface area contributed by atoms with Gasteiger partial charge in [-0.1, -0.05) is 0 Å². The summed E-state index contributed by atoms with van der Waals surface area (Å²) in [5, 5.41) is 10.5. The van der Waals surface area contributed by atoms with Crippen LogP contribution in [0.15, 0.2) is 0 Å². The first-order valence-corrected chi connectivity index (χ1v) is 6.93. The summed E-state index contributed by atoms with van der Waals surface area (Å²) >= 11 is 0. The summed E-state index contributed by atoms with van der Waals surface area (Å²) < 4.78 is 31.0. The highest BCUT2D eigenvalue weighted by Gasteiger charge is 2.41. The number of carbonyl (C=O) groups excluding carboxylic acids is 1. The molecule has 116 valence electrons. The molecule has 0 aromatic carbocycles. The zero-order valence-electron chi connectivity index (χ0n) is 11.8. The maximum absolute atomic E-state index is 13.1. The van der Waals surface area contributed by atoms with Crippen molar-refractivity contribution in [3.8, 4) is 0 Å². The standard InChI is InChI=1S/C13H22F2N2O3/c1-20-8-11(18)17-7-2-12(19,10-17)9-16-5-3-13(14,15)4-6-16/h19H,2-10H2,1H3/t12-/m0/s1. The van der Waals surface area contributed by atoms with Gasteiger partial charge in [-0.15, -0.1) is 0 Å². The van der Waals surface area contributed by atoms with Gasteiger partial charge in [0, 0.05) is 46.1 Å². The van der Waals surface area contributed by atoms with Gasteiger partial charge < -0.3 is 14.7 Å². The van der Waals surface area contributed by atoms with E-state index in [1.807, 2.05) is 4.90 Å². The van der Waals surface area contributed by atoms with Gasteiger partial charge in [0.2, 0.25) is 5.91 Å². The molecule has 0 radical (unpaired) electrons. The van der Waals surface area contributed by atoms with Crippen LogP contribution in [0.4, 0.5) is 8.78 Å². The number of hydrogen-bond donors (Lipinski definition) is 1. The monoisotopic (exact) mass is 292 g/mol. The minimum absolute atomic E-state index is 0.00597. The number of piperidine rings is 1. The molecule has 2 heterocycles. The zero-order valence-corrected chi connectivity index (χ0v) is 11.8. The minimum Gasteiger partial charge on any atom is -0.387 e. The predicted molar refractivity (Wildman–Crippen MR) is 68.6 cm³/mol. The van der Waals surface area contributed by atoms with E-state index in [-0.39, 0.29) is 31.9 Å². The van der Waals surface area contributed by atoms with Crippen molar-refractivity contribution in [1.82, 2.24) is 9.80 Å². The molecule has 1 amide bonds. The van der Waals surface area contributed by atoms with Gasteiger partial charge in [0.15, 0.2) is 0 Å². The number of nitrogens with zero attached hydrogens (tertiary/aromatic N) is 2. The van der Waals surface area contributed by atoms with Crippen LogP contribution in [0.2, 0.25) is 0 Å². The molecule has 0 bridgehead atoms. The van der Waals surface area contributed by atoms with Crippen molar-refractivity contribution >= 4 is 5.91 Å². The number of β-amino-alcohol motifs (C(OH)–C–C–N with tert-alkyl or cyclic N) is 1. The second-order valence-corrected chi connectivity index (χ2v) is 5.85. The Morgan fingerprint density at radius 3 is 2.50 bits per heavy atom. The zero-order chi connectivity index (χ0) is 14.8. The van der Waals surface area contributed by atoms with Crippen LogP contribution in [0, 0.1) is 0 Å². The Hall–Kier alpha value is -0.790. The third kappa shape index (κ3) is 3.86. The van der Waals surface area contributed by atoms with Gasteiger partial charge in [0.25, 0.3) is 5.92 Å². The third-order valence-corrected chi connectivity index (χ3v) is 4.06. The molecule has 2 fully saturated rings. The molecule has 0 saturated carbocycles. The highest BCUT2D eigenvalue weighted by molar-refractivity contribution is 5.77. The summed E-state index contributed by atoms with van der Waals surface area (Å²) in [4.78, 5) is 15.1.